The number of aromatic nitrogens is 1. The number of hydrogen-bond donors (Lipinski definition) is 1. The smallest absolute Gasteiger partial charge is 0.128 e. The highest BCUT2D eigenvalue weighted by Gasteiger charge is 2.24. The van der Waals surface area contributed by atoms with E-state index in [1.165, 1.54) is 16.7 Å². The molecule has 0 radical (unpaired) electrons. The molecular formula is C22H22ClN3OS. The van der Waals surface area contributed by atoms with Gasteiger partial charge in [0.25, 0.3) is 0 Å². The average Bonchev–Trinajstić information content (AvgIpc) is 3.16. The first-order valence-electron chi connectivity index (χ1n) is 9.33. The molecule has 0 amide bonds. The van der Waals surface area contributed by atoms with Crippen LogP contribution in [0.4, 0.5) is 0 Å². The van der Waals surface area contributed by atoms with Crippen LogP contribution in [0.5, 0.6) is 0 Å². The van der Waals surface area contributed by atoms with Crippen molar-refractivity contribution in [3.8, 4) is 11.1 Å². The number of pyridine rings is 1. The monoisotopic (exact) mass is 411 g/mol. The summed E-state index contributed by atoms with van der Waals surface area (Å²) in [6.45, 7) is 2.74. The lowest BCUT2D eigenvalue weighted by molar-refractivity contribution is 0.325. The number of benzene rings is 2. The zero-order valence-corrected chi connectivity index (χ0v) is 17.0. The Hall–Kier alpha value is -2.05. The second kappa shape index (κ2) is 8.97. The van der Waals surface area contributed by atoms with Gasteiger partial charge in [-0.15, -0.1) is 0 Å². The van der Waals surface area contributed by atoms with E-state index >= 15 is 0 Å². The van der Waals surface area contributed by atoms with Crippen molar-refractivity contribution in [2.75, 3.05) is 13.1 Å². The first-order valence-corrected chi connectivity index (χ1v) is 10.9. The molecule has 1 fully saturated rings. The molecule has 1 aromatic heterocycles. The predicted octanol–water partition coefficient (Wildman–Crippen LogP) is 4.29. The fourth-order valence-corrected chi connectivity index (χ4v) is 4.82. The molecule has 0 aliphatic carbocycles. The maximum Gasteiger partial charge on any atom is 0.128 e. The Morgan fingerprint density at radius 3 is 2.57 bits per heavy atom. The van der Waals surface area contributed by atoms with Crippen molar-refractivity contribution in [2.24, 2.45) is 0 Å². The first kappa shape index (κ1) is 19.3. The number of nitrogens with one attached hydrogen (secondary N) is 1. The molecule has 144 valence electrons. The van der Waals surface area contributed by atoms with Gasteiger partial charge in [-0.2, -0.15) is 0 Å². The first-order chi connectivity index (χ1) is 13.7. The average molecular weight is 412 g/mol. The van der Waals surface area contributed by atoms with Crippen LogP contribution in [0.2, 0.25) is 5.02 Å². The number of hydrogen-bond acceptors (Lipinski definition) is 3. The van der Waals surface area contributed by atoms with Crippen molar-refractivity contribution < 1.29 is 4.21 Å². The summed E-state index contributed by atoms with van der Waals surface area (Å²) >= 11 is 6.11. The molecule has 0 spiro atoms. The van der Waals surface area contributed by atoms with Gasteiger partial charge in [0, 0.05) is 38.1 Å². The zero-order valence-electron chi connectivity index (χ0n) is 15.4. The van der Waals surface area contributed by atoms with E-state index in [9.17, 15) is 4.21 Å². The summed E-state index contributed by atoms with van der Waals surface area (Å²) in [5.41, 5.74) is 3.75. The van der Waals surface area contributed by atoms with E-state index in [1.54, 1.807) is 18.5 Å². The Bertz CT molecular complexity index is 950. The molecule has 2 unspecified atom stereocenters. The van der Waals surface area contributed by atoms with Gasteiger partial charge in [0.2, 0.25) is 0 Å². The largest absolute Gasteiger partial charge is 0.297 e. The summed E-state index contributed by atoms with van der Waals surface area (Å²) in [6, 6.07) is 21.0. The van der Waals surface area contributed by atoms with Crippen LogP contribution in [0.1, 0.15) is 12.0 Å². The van der Waals surface area contributed by atoms with Crippen LogP contribution >= 0.6 is 11.6 Å². The summed E-state index contributed by atoms with van der Waals surface area (Å²) in [5.74, 6) is 0. The normalized spacial score (nSPS) is 18.2. The van der Waals surface area contributed by atoms with Crippen LogP contribution in [0.25, 0.3) is 11.1 Å². The molecule has 1 aliphatic heterocycles. The Morgan fingerprint density at radius 1 is 1.07 bits per heavy atom. The molecule has 1 aliphatic rings. The van der Waals surface area contributed by atoms with Crippen molar-refractivity contribution in [3.05, 3.63) is 83.6 Å². The molecule has 2 atom stereocenters. The van der Waals surface area contributed by atoms with Crippen LogP contribution < -0.4 is 4.72 Å². The second-order valence-corrected chi connectivity index (χ2v) is 8.60. The Labute approximate surface area is 173 Å². The van der Waals surface area contributed by atoms with E-state index in [2.05, 4.69) is 63.1 Å². The van der Waals surface area contributed by atoms with E-state index in [-0.39, 0.29) is 6.04 Å². The Kier molecular flexibility index (Phi) is 6.17. The Balaban J connectivity index is 1.32. The molecule has 3 aromatic rings. The zero-order chi connectivity index (χ0) is 19.3. The highest BCUT2D eigenvalue weighted by atomic mass is 35.5. The fraction of sp³-hybridized carbons (Fsp3) is 0.227. The van der Waals surface area contributed by atoms with Crippen LogP contribution in [0.3, 0.4) is 0 Å². The van der Waals surface area contributed by atoms with Gasteiger partial charge in [-0.3, -0.25) is 9.88 Å². The standard InChI is InChI=1S/C22H22ClN3OS/c23-21-10-12-24-14-22(21)28(27)25-20-11-13-26(16-20)15-17-6-8-19(9-7-17)18-4-2-1-3-5-18/h1-10,12,14,20,25H,11,13,15-16H2. The number of halogens is 1. The summed E-state index contributed by atoms with van der Waals surface area (Å²) in [7, 11) is -1.34. The highest BCUT2D eigenvalue weighted by molar-refractivity contribution is 7.83. The maximum absolute atomic E-state index is 12.5. The summed E-state index contributed by atoms with van der Waals surface area (Å²) in [5, 5.41) is 0.481. The molecule has 0 saturated carbocycles. The molecule has 28 heavy (non-hydrogen) atoms. The van der Waals surface area contributed by atoms with Crippen LogP contribution in [0, 0.1) is 0 Å². The lowest BCUT2D eigenvalue weighted by Gasteiger charge is -2.17. The van der Waals surface area contributed by atoms with Gasteiger partial charge in [-0.1, -0.05) is 66.2 Å². The van der Waals surface area contributed by atoms with Crippen LogP contribution in [-0.4, -0.2) is 33.2 Å². The second-order valence-electron chi connectivity index (χ2n) is 6.98. The lowest BCUT2D eigenvalue weighted by atomic mass is 10.0. The lowest BCUT2D eigenvalue weighted by Crippen LogP contribution is -2.33. The highest BCUT2D eigenvalue weighted by Crippen LogP contribution is 2.22. The minimum atomic E-state index is -1.34. The number of nitrogens with zero attached hydrogens (tertiary/aromatic N) is 2. The fourth-order valence-electron chi connectivity index (χ4n) is 3.48. The van der Waals surface area contributed by atoms with Gasteiger partial charge >= 0.3 is 0 Å². The predicted molar refractivity (Wildman–Crippen MR) is 114 cm³/mol. The molecule has 4 rings (SSSR count). The van der Waals surface area contributed by atoms with E-state index < -0.39 is 11.0 Å². The van der Waals surface area contributed by atoms with E-state index in [4.69, 9.17) is 11.6 Å². The quantitative estimate of drug-likeness (QED) is 0.658. The van der Waals surface area contributed by atoms with Crippen molar-refractivity contribution >= 4 is 22.6 Å². The van der Waals surface area contributed by atoms with E-state index in [1.807, 2.05) is 6.07 Å². The minimum absolute atomic E-state index is 0.181. The van der Waals surface area contributed by atoms with Crippen LogP contribution in [0.15, 0.2) is 78.0 Å². The molecule has 4 nitrogen and oxygen atoms in total. The summed E-state index contributed by atoms with van der Waals surface area (Å²) < 4.78 is 15.7. The molecule has 2 aromatic carbocycles. The number of rotatable bonds is 6. The SMILES string of the molecule is O=S(NC1CCN(Cc2ccc(-c3ccccc3)cc2)C1)c1cnccc1Cl. The third-order valence-electron chi connectivity index (χ3n) is 4.95. The minimum Gasteiger partial charge on any atom is -0.297 e. The van der Waals surface area contributed by atoms with Gasteiger partial charge in [0.1, 0.15) is 11.0 Å². The summed E-state index contributed by atoms with van der Waals surface area (Å²) in [6.07, 6.45) is 4.13. The van der Waals surface area contributed by atoms with Gasteiger partial charge in [0.15, 0.2) is 0 Å². The molecule has 1 N–H and O–H groups in total. The molecule has 6 heteroatoms. The molecule has 2 heterocycles. The summed E-state index contributed by atoms with van der Waals surface area (Å²) in [4.78, 5) is 6.94. The van der Waals surface area contributed by atoms with E-state index in [0.29, 0.717) is 9.92 Å². The molecular weight excluding hydrogens is 390 g/mol. The molecule has 0 bridgehead atoms. The van der Waals surface area contributed by atoms with E-state index in [0.717, 1.165) is 26.1 Å². The topological polar surface area (TPSA) is 45.2 Å². The van der Waals surface area contributed by atoms with Gasteiger partial charge < -0.3 is 0 Å². The molecule has 1 saturated heterocycles. The Morgan fingerprint density at radius 2 is 1.82 bits per heavy atom. The third-order valence-corrected chi connectivity index (χ3v) is 6.66. The van der Waals surface area contributed by atoms with Gasteiger partial charge in [0.05, 0.1) is 9.92 Å². The van der Waals surface area contributed by atoms with Crippen molar-refractivity contribution in [1.82, 2.24) is 14.6 Å². The van der Waals surface area contributed by atoms with Crippen molar-refractivity contribution in [2.45, 2.75) is 23.9 Å². The maximum atomic E-state index is 12.5. The number of likely N-dealkylation sites (tertiary alicyclic amines) is 1. The van der Waals surface area contributed by atoms with Crippen molar-refractivity contribution in [3.63, 3.8) is 0 Å². The van der Waals surface area contributed by atoms with Gasteiger partial charge in [-0.25, -0.2) is 8.93 Å². The van der Waals surface area contributed by atoms with Gasteiger partial charge in [-0.05, 0) is 29.2 Å². The third kappa shape index (κ3) is 4.67. The van der Waals surface area contributed by atoms with Crippen LogP contribution in [-0.2, 0) is 17.5 Å². The van der Waals surface area contributed by atoms with Crippen molar-refractivity contribution in [1.29, 1.82) is 0 Å².